The lowest BCUT2D eigenvalue weighted by Crippen LogP contribution is -2.81. The van der Waals surface area contributed by atoms with Crippen LogP contribution in [0.15, 0.2) is 119 Å². The third-order valence-electron chi connectivity index (χ3n) is 7.65. The molecule has 2 aliphatic heterocycles. The lowest BCUT2D eigenvalue weighted by atomic mass is 9.77. The summed E-state index contributed by atoms with van der Waals surface area (Å²) in [6.45, 7) is 5.62. The molecule has 0 atom stereocenters. The number of nitrogens with two attached hydrogens (primary N) is 1. The van der Waals surface area contributed by atoms with Crippen molar-refractivity contribution >= 4 is 28.4 Å². The van der Waals surface area contributed by atoms with E-state index in [4.69, 9.17) is 9.97 Å². The molecule has 0 saturated carbocycles. The van der Waals surface area contributed by atoms with E-state index in [1.54, 1.807) is 0 Å². The first-order chi connectivity index (χ1) is 18.6. The minimum atomic E-state index is -0.0914. The fraction of sp³-hybridized carbons (Fsp3) is 0.118. The molecule has 2 aliphatic rings. The van der Waals surface area contributed by atoms with Crippen LogP contribution >= 0.6 is 11.8 Å². The Labute approximate surface area is 227 Å². The Bertz CT molecular complexity index is 1780. The zero-order valence-corrected chi connectivity index (χ0v) is 22.3. The van der Waals surface area contributed by atoms with Crippen molar-refractivity contribution in [1.29, 1.82) is 0 Å². The highest BCUT2D eigenvalue weighted by molar-refractivity contribution is 7.99. The van der Waals surface area contributed by atoms with Gasteiger partial charge in [-0.2, -0.15) is 0 Å². The van der Waals surface area contributed by atoms with Crippen molar-refractivity contribution in [2.24, 2.45) is 0 Å². The van der Waals surface area contributed by atoms with Gasteiger partial charge in [0, 0.05) is 37.3 Å². The Morgan fingerprint density at radius 3 is 2.45 bits per heavy atom. The molecule has 3 nitrogen and oxygen atoms in total. The molecule has 3 heterocycles. The molecule has 7 rings (SSSR count). The monoisotopic (exact) mass is 510 g/mol. The second kappa shape index (κ2) is 9.09. The molecular weight excluding hydrogens is 482 g/mol. The molecule has 0 amide bonds. The summed E-state index contributed by atoms with van der Waals surface area (Å²) in [5.41, 5.74) is 9.15. The third kappa shape index (κ3) is 3.89. The SMILES string of the molecule is CC1(C)c2ccccc2Sc2ccc(-c3nc(-c4cccc(C5=CC=CC[NH2+]5)c4)nc4ccccc34)cc21. The number of para-hydroxylation sites is 1. The second-order valence-electron chi connectivity index (χ2n) is 10.4. The topological polar surface area (TPSA) is 42.4 Å². The van der Waals surface area contributed by atoms with Crippen LogP contribution in [0, 0.1) is 0 Å². The van der Waals surface area contributed by atoms with Gasteiger partial charge in [0.1, 0.15) is 5.70 Å². The molecule has 4 heteroatoms. The van der Waals surface area contributed by atoms with Crippen LogP contribution in [0.25, 0.3) is 39.2 Å². The molecule has 0 radical (unpaired) electrons. The molecule has 5 aromatic rings. The first kappa shape index (κ1) is 23.2. The summed E-state index contributed by atoms with van der Waals surface area (Å²) in [5.74, 6) is 0.754. The van der Waals surface area contributed by atoms with Crippen LogP contribution in [0.5, 0.6) is 0 Å². The second-order valence-corrected chi connectivity index (χ2v) is 11.5. The highest BCUT2D eigenvalue weighted by Crippen LogP contribution is 2.50. The summed E-state index contributed by atoms with van der Waals surface area (Å²) in [6, 6.07) is 32.5. The summed E-state index contributed by atoms with van der Waals surface area (Å²) in [6.07, 6.45) is 6.46. The number of quaternary nitrogens is 1. The van der Waals surface area contributed by atoms with E-state index in [0.717, 1.165) is 40.1 Å². The Morgan fingerprint density at radius 2 is 1.55 bits per heavy atom. The standard InChI is InChI=1S/C34H27N3S/c1-34(2)26-13-4-6-16-30(26)38-31-18-17-23(21-27(31)34)32-25-12-3-5-15-29(25)36-33(37-32)24-11-9-10-22(20-24)28-14-7-8-19-35-28/h3-18,20-21,35H,19H2,1-2H3/p+1. The van der Waals surface area contributed by atoms with Gasteiger partial charge in [0.05, 0.1) is 17.8 Å². The molecule has 1 aromatic heterocycles. The van der Waals surface area contributed by atoms with Crippen molar-refractivity contribution in [3.8, 4) is 22.6 Å². The quantitative estimate of drug-likeness (QED) is 0.278. The largest absolute Gasteiger partial charge is 0.310 e. The van der Waals surface area contributed by atoms with Crippen molar-refractivity contribution in [3.63, 3.8) is 0 Å². The fourth-order valence-electron chi connectivity index (χ4n) is 5.58. The zero-order chi connectivity index (χ0) is 25.7. The first-order valence-electron chi connectivity index (χ1n) is 13.1. The molecule has 2 N–H and O–H groups in total. The highest BCUT2D eigenvalue weighted by atomic mass is 32.2. The Morgan fingerprint density at radius 1 is 0.737 bits per heavy atom. The number of aromatic nitrogens is 2. The van der Waals surface area contributed by atoms with Crippen LogP contribution in [0.1, 0.15) is 30.5 Å². The van der Waals surface area contributed by atoms with E-state index in [1.165, 1.54) is 32.2 Å². The van der Waals surface area contributed by atoms with Crippen LogP contribution in [-0.2, 0) is 5.41 Å². The van der Waals surface area contributed by atoms with Gasteiger partial charge in [-0.25, -0.2) is 9.97 Å². The Hall–Kier alpha value is -3.99. The van der Waals surface area contributed by atoms with Crippen LogP contribution in [0.4, 0.5) is 0 Å². The molecule has 0 unspecified atom stereocenters. The maximum absolute atomic E-state index is 5.21. The zero-order valence-electron chi connectivity index (χ0n) is 21.5. The lowest BCUT2D eigenvalue weighted by Gasteiger charge is -2.34. The van der Waals surface area contributed by atoms with Crippen LogP contribution in [0.2, 0.25) is 0 Å². The van der Waals surface area contributed by atoms with Crippen molar-refractivity contribution in [1.82, 2.24) is 9.97 Å². The number of hydrogen-bond donors (Lipinski definition) is 1. The van der Waals surface area contributed by atoms with Crippen LogP contribution in [-0.4, -0.2) is 16.5 Å². The minimum Gasteiger partial charge on any atom is -0.310 e. The van der Waals surface area contributed by atoms with Crippen LogP contribution in [0.3, 0.4) is 0 Å². The number of benzene rings is 4. The van der Waals surface area contributed by atoms with Gasteiger partial charge in [-0.1, -0.05) is 86.3 Å². The highest BCUT2D eigenvalue weighted by Gasteiger charge is 2.33. The lowest BCUT2D eigenvalue weighted by molar-refractivity contribution is -0.553. The van der Waals surface area contributed by atoms with Crippen molar-refractivity contribution in [2.45, 2.75) is 29.1 Å². The molecule has 184 valence electrons. The van der Waals surface area contributed by atoms with E-state index in [-0.39, 0.29) is 5.41 Å². The Balaban J connectivity index is 1.38. The third-order valence-corrected chi connectivity index (χ3v) is 8.80. The maximum atomic E-state index is 5.21. The van der Waals surface area contributed by atoms with Gasteiger partial charge < -0.3 is 5.32 Å². The van der Waals surface area contributed by atoms with Gasteiger partial charge in [0.2, 0.25) is 0 Å². The van der Waals surface area contributed by atoms with Gasteiger partial charge in [-0.15, -0.1) is 0 Å². The molecule has 0 aliphatic carbocycles. The van der Waals surface area contributed by atoms with Gasteiger partial charge in [0.15, 0.2) is 5.82 Å². The summed E-state index contributed by atoms with van der Waals surface area (Å²) >= 11 is 1.86. The van der Waals surface area contributed by atoms with E-state index in [0.29, 0.717) is 0 Å². The van der Waals surface area contributed by atoms with E-state index >= 15 is 0 Å². The first-order valence-corrected chi connectivity index (χ1v) is 13.9. The predicted octanol–water partition coefficient (Wildman–Crippen LogP) is 7.23. The van der Waals surface area contributed by atoms with E-state index < -0.39 is 0 Å². The Kier molecular flexibility index (Phi) is 5.54. The average molecular weight is 511 g/mol. The predicted molar refractivity (Wildman–Crippen MR) is 157 cm³/mol. The molecule has 0 bridgehead atoms. The van der Waals surface area contributed by atoms with Crippen molar-refractivity contribution in [3.05, 3.63) is 126 Å². The normalized spacial score (nSPS) is 15.6. The molecule has 0 spiro atoms. The van der Waals surface area contributed by atoms with Gasteiger partial charge >= 0.3 is 0 Å². The molecule has 4 aromatic carbocycles. The number of allylic oxidation sites excluding steroid dienone is 2. The smallest absolute Gasteiger partial charge is 0.160 e. The van der Waals surface area contributed by atoms with Crippen LogP contribution < -0.4 is 5.32 Å². The summed E-state index contributed by atoms with van der Waals surface area (Å²) in [4.78, 5) is 12.9. The van der Waals surface area contributed by atoms with Gasteiger partial charge in [-0.3, -0.25) is 0 Å². The van der Waals surface area contributed by atoms with E-state index in [1.807, 2.05) is 11.8 Å². The van der Waals surface area contributed by atoms with Crippen molar-refractivity contribution < 1.29 is 5.32 Å². The molecule has 0 saturated heterocycles. The number of nitrogens with zero attached hydrogens (tertiary/aromatic N) is 2. The minimum absolute atomic E-state index is 0.0914. The number of hydrogen-bond acceptors (Lipinski definition) is 3. The fourth-order valence-corrected chi connectivity index (χ4v) is 6.96. The summed E-state index contributed by atoms with van der Waals surface area (Å²) < 4.78 is 0. The summed E-state index contributed by atoms with van der Waals surface area (Å²) in [7, 11) is 0. The van der Waals surface area contributed by atoms with Crippen molar-refractivity contribution in [2.75, 3.05) is 6.54 Å². The van der Waals surface area contributed by atoms with E-state index in [2.05, 4.69) is 128 Å². The van der Waals surface area contributed by atoms with Gasteiger partial charge in [0.25, 0.3) is 0 Å². The maximum Gasteiger partial charge on any atom is 0.160 e. The average Bonchev–Trinajstić information content (AvgIpc) is 2.97. The molecule has 0 fully saturated rings. The summed E-state index contributed by atoms with van der Waals surface area (Å²) in [5, 5.41) is 3.33. The molecule has 38 heavy (non-hydrogen) atoms. The van der Waals surface area contributed by atoms with Gasteiger partial charge in [-0.05, 0) is 59.7 Å². The number of fused-ring (bicyclic) bond motifs is 3. The molecular formula is C34H28N3S+. The number of rotatable bonds is 3. The van der Waals surface area contributed by atoms with E-state index in [9.17, 15) is 0 Å².